The second kappa shape index (κ2) is 16.8. The van der Waals surface area contributed by atoms with Crippen LogP contribution in [0.25, 0.3) is 12.2 Å². The summed E-state index contributed by atoms with van der Waals surface area (Å²) in [5.41, 5.74) is 1.69. The van der Waals surface area contributed by atoms with Gasteiger partial charge in [-0.15, -0.1) is 0 Å². The molecule has 12 atom stereocenters. The normalized spacial score (nSPS) is 30.9. The Bertz CT molecular complexity index is 2110. The minimum absolute atomic E-state index is 0.0461. The Hall–Kier alpha value is -5.38. The Labute approximate surface area is 329 Å². The summed E-state index contributed by atoms with van der Waals surface area (Å²) >= 11 is 0. The van der Waals surface area contributed by atoms with E-state index >= 15 is 0 Å². The van der Waals surface area contributed by atoms with Gasteiger partial charge < -0.3 is 89.7 Å². The van der Waals surface area contributed by atoms with Gasteiger partial charge >= 0.3 is 0 Å². The van der Waals surface area contributed by atoms with Gasteiger partial charge in [-0.05, 0) is 59.7 Å². The topological polar surface area (TPSA) is 298 Å². The third-order valence-corrected chi connectivity index (χ3v) is 9.90. The molecular weight excluding hydrogens is 768 g/mol. The van der Waals surface area contributed by atoms with E-state index in [0.717, 1.165) is 0 Å². The van der Waals surface area contributed by atoms with Gasteiger partial charge in [-0.25, -0.2) is 0 Å². The van der Waals surface area contributed by atoms with Crippen molar-refractivity contribution in [1.29, 1.82) is 0 Å². The molecule has 2 fully saturated rings. The zero-order valence-corrected chi connectivity index (χ0v) is 30.2. The van der Waals surface area contributed by atoms with Crippen molar-refractivity contribution < 1.29 is 89.7 Å². The van der Waals surface area contributed by atoms with Crippen LogP contribution in [0, 0.1) is 0 Å². The first-order valence-electron chi connectivity index (χ1n) is 18.0. The zero-order chi connectivity index (χ0) is 41.4. The predicted octanol–water partition coefficient (Wildman–Crippen LogP) is 0.291. The molecule has 0 aromatic heterocycles. The van der Waals surface area contributed by atoms with E-state index in [1.807, 2.05) is 0 Å². The van der Waals surface area contributed by atoms with Crippen LogP contribution in [0.15, 0.2) is 72.8 Å². The van der Waals surface area contributed by atoms with Crippen LogP contribution in [-0.4, -0.2) is 136 Å². The van der Waals surface area contributed by atoms with E-state index in [9.17, 15) is 61.3 Å². The highest BCUT2D eigenvalue weighted by Gasteiger charge is 2.46. The lowest BCUT2D eigenvalue weighted by atomic mass is 9.95. The highest BCUT2D eigenvalue weighted by molar-refractivity contribution is 5.72. The lowest BCUT2D eigenvalue weighted by Crippen LogP contribution is -2.60. The SMILES string of the molecule is OC[C@H]1O[C@@H](Oc2cc(O)cc(/C=C/c3ccc4c(c3)O[C@@H](c3ccc(O)c(O)c3)[C@H](c3cc(O)cc(O[C@@H]5O[C@H](CO)[C@H](O)[C@H](O)[C@H]5O)c3)O4)c2)[C@H](O)[C@@H](O)[C@H]1O. The predicted molar refractivity (Wildman–Crippen MR) is 197 cm³/mol. The molecular formula is C40H42O18. The summed E-state index contributed by atoms with van der Waals surface area (Å²) in [7, 11) is 0. The van der Waals surface area contributed by atoms with Crippen LogP contribution in [0.2, 0.25) is 0 Å². The average Bonchev–Trinajstić information content (AvgIpc) is 3.20. The van der Waals surface area contributed by atoms with E-state index in [2.05, 4.69) is 0 Å². The number of hydrogen-bond acceptors (Lipinski definition) is 18. The van der Waals surface area contributed by atoms with Crippen molar-refractivity contribution in [1.82, 2.24) is 0 Å². The molecule has 7 rings (SSSR count). The molecule has 0 spiro atoms. The highest BCUT2D eigenvalue weighted by atomic mass is 16.7. The first kappa shape index (κ1) is 40.8. The highest BCUT2D eigenvalue weighted by Crippen LogP contribution is 2.48. The van der Waals surface area contributed by atoms with Crippen molar-refractivity contribution in [2.75, 3.05) is 13.2 Å². The molecule has 58 heavy (non-hydrogen) atoms. The summed E-state index contributed by atoms with van der Waals surface area (Å²) in [5.74, 6) is -0.792. The number of ether oxygens (including phenoxy) is 6. The second-order valence-corrected chi connectivity index (χ2v) is 14.0. The number of fused-ring (bicyclic) bond motifs is 1. The monoisotopic (exact) mass is 810 g/mol. The van der Waals surface area contributed by atoms with Crippen molar-refractivity contribution >= 4 is 12.2 Å². The quantitative estimate of drug-likeness (QED) is 0.0757. The third-order valence-electron chi connectivity index (χ3n) is 9.90. The molecule has 310 valence electrons. The first-order chi connectivity index (χ1) is 27.7. The average molecular weight is 811 g/mol. The van der Waals surface area contributed by atoms with E-state index in [1.165, 1.54) is 54.6 Å². The number of phenolic OH excluding ortho intramolecular Hbond substituents is 4. The number of benzene rings is 4. The van der Waals surface area contributed by atoms with Gasteiger partial charge in [0.05, 0.1) is 13.2 Å². The molecule has 0 saturated carbocycles. The molecule has 2 saturated heterocycles. The van der Waals surface area contributed by atoms with Crippen LogP contribution in [0.3, 0.4) is 0 Å². The summed E-state index contributed by atoms with van der Waals surface area (Å²) in [5, 5.41) is 122. The van der Waals surface area contributed by atoms with E-state index < -0.39 is 92.6 Å². The van der Waals surface area contributed by atoms with Gasteiger partial charge in [0.25, 0.3) is 0 Å². The largest absolute Gasteiger partial charge is 0.508 e. The summed E-state index contributed by atoms with van der Waals surface area (Å²) < 4.78 is 35.2. The standard InChI is InChI=1S/C40H42O18/c41-15-29-31(47)33(49)35(51)39(57-29)53-23-8-18(7-21(43)13-23)2-1-17-3-6-27-28(9-17)56-37(19-4-5-25(45)26(46)12-19)38(55-27)20-10-22(44)14-24(11-20)54-40-36(52)34(50)32(48)30(16-42)58-40/h1-14,29-52H,15-16H2/b2-1+/t29-,30-,31+,32+,33+,34+,35-,36-,37+,38+,39-,40-/m1/s1. The second-order valence-electron chi connectivity index (χ2n) is 14.0. The van der Waals surface area contributed by atoms with Crippen LogP contribution < -0.4 is 18.9 Å². The molecule has 0 bridgehead atoms. The summed E-state index contributed by atoms with van der Waals surface area (Å²) in [4.78, 5) is 0. The molecule has 0 aliphatic carbocycles. The summed E-state index contributed by atoms with van der Waals surface area (Å²) in [6.07, 6.45) is -14.1. The molecule has 12 N–H and O–H groups in total. The maximum Gasteiger partial charge on any atom is 0.229 e. The first-order valence-corrected chi connectivity index (χ1v) is 18.0. The van der Waals surface area contributed by atoms with Gasteiger partial charge in [0.15, 0.2) is 35.2 Å². The minimum Gasteiger partial charge on any atom is -0.508 e. The zero-order valence-electron chi connectivity index (χ0n) is 30.2. The Morgan fingerprint density at radius 1 is 0.483 bits per heavy atom. The Morgan fingerprint density at radius 3 is 1.64 bits per heavy atom. The molecule has 4 aromatic carbocycles. The number of phenols is 4. The number of aliphatic hydroxyl groups is 8. The molecule has 18 heteroatoms. The lowest BCUT2D eigenvalue weighted by molar-refractivity contribution is -0.277. The molecule has 18 nitrogen and oxygen atoms in total. The molecule has 0 unspecified atom stereocenters. The maximum absolute atomic E-state index is 10.7. The number of aromatic hydroxyl groups is 4. The van der Waals surface area contributed by atoms with Gasteiger partial charge in [-0.1, -0.05) is 24.3 Å². The van der Waals surface area contributed by atoms with Gasteiger partial charge in [-0.3, -0.25) is 0 Å². The molecule has 3 aliphatic rings. The van der Waals surface area contributed by atoms with Gasteiger partial charge in [0, 0.05) is 23.3 Å². The maximum atomic E-state index is 10.7. The van der Waals surface area contributed by atoms with Crippen LogP contribution in [0.1, 0.15) is 34.5 Å². The van der Waals surface area contributed by atoms with Gasteiger partial charge in [0.2, 0.25) is 12.6 Å². The molecule has 3 heterocycles. The fourth-order valence-corrected chi connectivity index (χ4v) is 6.82. The van der Waals surface area contributed by atoms with E-state index in [-0.39, 0.29) is 45.8 Å². The van der Waals surface area contributed by atoms with Gasteiger partial charge in [-0.2, -0.15) is 0 Å². The third kappa shape index (κ3) is 8.43. The van der Waals surface area contributed by atoms with Gasteiger partial charge in [0.1, 0.15) is 71.8 Å². The smallest absolute Gasteiger partial charge is 0.229 e. The molecule has 0 radical (unpaired) electrons. The minimum atomic E-state index is -1.72. The van der Waals surface area contributed by atoms with Crippen molar-refractivity contribution in [3.8, 4) is 46.0 Å². The Morgan fingerprint density at radius 2 is 1.03 bits per heavy atom. The van der Waals surface area contributed by atoms with E-state index in [1.54, 1.807) is 30.4 Å². The Kier molecular flexibility index (Phi) is 11.8. The van der Waals surface area contributed by atoms with Crippen LogP contribution in [0.4, 0.5) is 0 Å². The number of hydrogen-bond donors (Lipinski definition) is 12. The fraction of sp³-hybridized carbons (Fsp3) is 0.350. The molecule has 3 aliphatic heterocycles. The van der Waals surface area contributed by atoms with E-state index in [4.69, 9.17) is 28.4 Å². The summed E-state index contributed by atoms with van der Waals surface area (Å²) in [6.45, 7) is -1.32. The fourth-order valence-electron chi connectivity index (χ4n) is 6.82. The molecule has 0 amide bonds. The van der Waals surface area contributed by atoms with Crippen molar-refractivity contribution in [2.45, 2.75) is 73.6 Å². The van der Waals surface area contributed by atoms with Crippen molar-refractivity contribution in [2.24, 2.45) is 0 Å². The summed E-state index contributed by atoms with van der Waals surface area (Å²) in [6, 6.07) is 17.2. The number of aliphatic hydroxyl groups excluding tert-OH is 8. The van der Waals surface area contributed by atoms with Crippen molar-refractivity contribution in [3.05, 3.63) is 95.1 Å². The lowest BCUT2D eigenvalue weighted by Gasteiger charge is -2.39. The van der Waals surface area contributed by atoms with Crippen molar-refractivity contribution in [3.63, 3.8) is 0 Å². The van der Waals surface area contributed by atoms with Crippen LogP contribution >= 0.6 is 0 Å². The van der Waals surface area contributed by atoms with Crippen LogP contribution in [-0.2, 0) is 9.47 Å². The molecule has 4 aromatic rings. The number of rotatable bonds is 10. The Balaban J connectivity index is 1.14. The van der Waals surface area contributed by atoms with E-state index in [0.29, 0.717) is 16.7 Å². The van der Waals surface area contributed by atoms with Crippen LogP contribution in [0.5, 0.6) is 46.0 Å².